The summed E-state index contributed by atoms with van der Waals surface area (Å²) in [5.41, 5.74) is 0. The summed E-state index contributed by atoms with van der Waals surface area (Å²) in [4.78, 5) is 0. The minimum Gasteiger partial charge on any atom is -0.206 e. The van der Waals surface area contributed by atoms with E-state index in [2.05, 4.69) is 15.9 Å². The van der Waals surface area contributed by atoms with Crippen LogP contribution in [0.3, 0.4) is 0 Å². The van der Waals surface area contributed by atoms with Gasteiger partial charge in [-0.2, -0.15) is 9.57 Å². The number of hydrogen-bond acceptors (Lipinski definition) is 4. The van der Waals surface area contributed by atoms with E-state index in [-0.39, 0.29) is 19.0 Å². The van der Waals surface area contributed by atoms with Crippen molar-refractivity contribution in [1.29, 1.82) is 5.26 Å². The van der Waals surface area contributed by atoms with Crippen molar-refractivity contribution in [2.24, 2.45) is 0 Å². The average molecular weight is 337 g/mol. The highest BCUT2D eigenvalue weighted by Gasteiger charge is 2.27. The summed E-state index contributed by atoms with van der Waals surface area (Å²) in [6.07, 6.45) is 0.198. The summed E-state index contributed by atoms with van der Waals surface area (Å²) in [7, 11) is -3.48. The highest BCUT2D eigenvalue weighted by Crippen LogP contribution is 2.29. The third-order valence-corrected chi connectivity index (χ3v) is 6.30. The molecule has 0 aromatic carbocycles. The molecule has 0 atom stereocenters. The summed E-state index contributed by atoms with van der Waals surface area (Å²) >= 11 is 4.42. The van der Waals surface area contributed by atoms with Crippen LogP contribution < -0.4 is 0 Å². The van der Waals surface area contributed by atoms with Gasteiger partial charge in [-0.05, 0) is 41.9 Å². The van der Waals surface area contributed by atoms with Crippen molar-refractivity contribution in [3.05, 3.63) is 15.9 Å². The molecule has 1 aromatic rings. The summed E-state index contributed by atoms with van der Waals surface area (Å²) in [5.74, 6) is 0. The second-order valence-corrected chi connectivity index (χ2v) is 8.26. The molecule has 0 unspecified atom stereocenters. The fourth-order valence-electron chi connectivity index (χ4n) is 1.37. The van der Waals surface area contributed by atoms with Crippen molar-refractivity contribution >= 4 is 37.3 Å². The smallest absolute Gasteiger partial charge is 0.206 e. The van der Waals surface area contributed by atoms with E-state index in [1.54, 1.807) is 26.0 Å². The standard InChI is InChI=1S/C10H13BrN2O2S2/c1-8(2)13(7-3-6-12)17(14,15)10-5-4-9(11)16-10/h4-5,8H,3,7H2,1-2H3. The molecule has 0 aliphatic carbocycles. The van der Waals surface area contributed by atoms with Crippen LogP contribution in [0.4, 0.5) is 0 Å². The molecule has 1 rings (SSSR count). The van der Waals surface area contributed by atoms with Gasteiger partial charge in [0.2, 0.25) is 0 Å². The molecule has 0 saturated heterocycles. The zero-order valence-electron chi connectivity index (χ0n) is 9.55. The normalized spacial score (nSPS) is 12.0. The van der Waals surface area contributed by atoms with Crippen LogP contribution in [0.15, 0.2) is 20.1 Å². The van der Waals surface area contributed by atoms with Crippen LogP contribution in [0.5, 0.6) is 0 Å². The highest BCUT2D eigenvalue weighted by molar-refractivity contribution is 9.11. The Bertz CT molecular complexity index is 517. The van der Waals surface area contributed by atoms with Gasteiger partial charge < -0.3 is 0 Å². The second-order valence-electron chi connectivity index (χ2n) is 3.68. The lowest BCUT2D eigenvalue weighted by molar-refractivity contribution is 0.361. The molecule has 1 aromatic heterocycles. The van der Waals surface area contributed by atoms with Crippen molar-refractivity contribution in [1.82, 2.24) is 4.31 Å². The Morgan fingerprint density at radius 1 is 1.53 bits per heavy atom. The summed E-state index contributed by atoms with van der Waals surface area (Å²) in [6.45, 7) is 3.83. The van der Waals surface area contributed by atoms with Gasteiger partial charge in [0.15, 0.2) is 0 Å². The van der Waals surface area contributed by atoms with E-state index in [0.29, 0.717) is 4.21 Å². The molecule has 0 bridgehead atoms. The van der Waals surface area contributed by atoms with Crippen LogP contribution in [0.25, 0.3) is 0 Å². The van der Waals surface area contributed by atoms with E-state index < -0.39 is 10.0 Å². The Balaban J connectivity index is 3.05. The molecule has 94 valence electrons. The first-order chi connectivity index (χ1) is 7.89. The van der Waals surface area contributed by atoms with Crippen molar-refractivity contribution < 1.29 is 8.42 Å². The highest BCUT2D eigenvalue weighted by atomic mass is 79.9. The summed E-state index contributed by atoms with van der Waals surface area (Å²) < 4.78 is 27.0. The Morgan fingerprint density at radius 2 is 2.18 bits per heavy atom. The third-order valence-electron chi connectivity index (χ3n) is 2.13. The lowest BCUT2D eigenvalue weighted by Crippen LogP contribution is -2.37. The van der Waals surface area contributed by atoms with E-state index in [0.717, 1.165) is 3.79 Å². The minimum atomic E-state index is -3.48. The maximum absolute atomic E-state index is 12.3. The maximum atomic E-state index is 12.3. The van der Waals surface area contributed by atoms with Crippen LogP contribution in [-0.4, -0.2) is 25.3 Å². The van der Waals surface area contributed by atoms with Crippen molar-refractivity contribution in [2.45, 2.75) is 30.5 Å². The SMILES string of the molecule is CC(C)N(CCC#N)S(=O)(=O)c1ccc(Br)s1. The first kappa shape index (κ1) is 14.6. The molecule has 0 N–H and O–H groups in total. The number of sulfonamides is 1. The van der Waals surface area contributed by atoms with Gasteiger partial charge in [0.05, 0.1) is 9.86 Å². The first-order valence-corrected chi connectivity index (χ1v) is 8.08. The molecule has 7 heteroatoms. The second kappa shape index (κ2) is 5.96. The molecular formula is C10H13BrN2O2S2. The van der Waals surface area contributed by atoms with Crippen molar-refractivity contribution in [3.63, 3.8) is 0 Å². The van der Waals surface area contributed by atoms with Gasteiger partial charge in [0.25, 0.3) is 10.0 Å². The van der Waals surface area contributed by atoms with Crippen molar-refractivity contribution in [3.8, 4) is 6.07 Å². The molecule has 0 amide bonds. The first-order valence-electron chi connectivity index (χ1n) is 5.03. The van der Waals surface area contributed by atoms with E-state index in [4.69, 9.17) is 5.26 Å². The largest absolute Gasteiger partial charge is 0.252 e. The predicted octanol–water partition coefficient (Wildman–Crippen LogP) is 2.82. The number of hydrogen-bond donors (Lipinski definition) is 0. The lowest BCUT2D eigenvalue weighted by Gasteiger charge is -2.24. The Kier molecular flexibility index (Phi) is 5.13. The van der Waals surface area contributed by atoms with Crippen LogP contribution in [0.2, 0.25) is 0 Å². The quantitative estimate of drug-likeness (QED) is 0.830. The number of rotatable bonds is 5. The summed E-state index contributed by atoms with van der Waals surface area (Å²) in [5, 5.41) is 8.56. The fraction of sp³-hybridized carbons (Fsp3) is 0.500. The Hall–Kier alpha value is -0.420. The zero-order chi connectivity index (χ0) is 13.1. The molecule has 1 heterocycles. The van der Waals surface area contributed by atoms with Crippen LogP contribution in [0.1, 0.15) is 20.3 Å². The van der Waals surface area contributed by atoms with Crippen LogP contribution in [-0.2, 0) is 10.0 Å². The Morgan fingerprint density at radius 3 is 2.59 bits per heavy atom. The van der Waals surface area contributed by atoms with Gasteiger partial charge in [-0.25, -0.2) is 8.42 Å². The molecule has 17 heavy (non-hydrogen) atoms. The van der Waals surface area contributed by atoms with E-state index >= 15 is 0 Å². The number of nitrogens with zero attached hydrogens (tertiary/aromatic N) is 2. The maximum Gasteiger partial charge on any atom is 0.252 e. The molecule has 0 aliphatic heterocycles. The molecule has 4 nitrogen and oxygen atoms in total. The predicted molar refractivity (Wildman–Crippen MR) is 71.3 cm³/mol. The van der Waals surface area contributed by atoms with Crippen LogP contribution >= 0.6 is 27.3 Å². The van der Waals surface area contributed by atoms with Gasteiger partial charge in [-0.1, -0.05) is 0 Å². The van der Waals surface area contributed by atoms with Gasteiger partial charge in [-0.3, -0.25) is 0 Å². The van der Waals surface area contributed by atoms with Crippen molar-refractivity contribution in [2.75, 3.05) is 6.54 Å². The third kappa shape index (κ3) is 3.52. The number of thiophene rings is 1. The zero-order valence-corrected chi connectivity index (χ0v) is 12.8. The van der Waals surface area contributed by atoms with E-state index in [1.807, 2.05) is 6.07 Å². The molecule has 0 spiro atoms. The number of nitriles is 1. The minimum absolute atomic E-state index is 0.158. The topological polar surface area (TPSA) is 61.2 Å². The van der Waals surface area contributed by atoms with Gasteiger partial charge in [0, 0.05) is 19.0 Å². The lowest BCUT2D eigenvalue weighted by atomic mass is 10.3. The molecule has 0 radical (unpaired) electrons. The average Bonchev–Trinajstić information content (AvgIpc) is 2.65. The van der Waals surface area contributed by atoms with Crippen LogP contribution in [0, 0.1) is 11.3 Å². The number of halogens is 1. The molecule has 0 aliphatic rings. The summed E-state index contributed by atoms with van der Waals surface area (Å²) in [6, 6.07) is 5.10. The van der Waals surface area contributed by atoms with E-state index in [9.17, 15) is 8.42 Å². The van der Waals surface area contributed by atoms with Gasteiger partial charge >= 0.3 is 0 Å². The van der Waals surface area contributed by atoms with Gasteiger partial charge in [0.1, 0.15) is 4.21 Å². The Labute approximate surface area is 114 Å². The molecule has 0 fully saturated rings. The molecular weight excluding hydrogens is 324 g/mol. The van der Waals surface area contributed by atoms with E-state index in [1.165, 1.54) is 15.6 Å². The fourth-order valence-corrected chi connectivity index (χ4v) is 5.14. The molecule has 0 saturated carbocycles. The van der Waals surface area contributed by atoms with Gasteiger partial charge in [-0.15, -0.1) is 11.3 Å². The monoisotopic (exact) mass is 336 g/mol.